The number of esters is 1. The van der Waals surface area contributed by atoms with E-state index in [9.17, 15) is 14.4 Å². The van der Waals surface area contributed by atoms with Crippen molar-refractivity contribution in [2.45, 2.75) is 78.6 Å². The molecule has 0 saturated carbocycles. The van der Waals surface area contributed by atoms with Gasteiger partial charge >= 0.3 is 17.9 Å². The van der Waals surface area contributed by atoms with Crippen LogP contribution in [0.4, 0.5) is 11.8 Å². The first-order chi connectivity index (χ1) is 19.0. The van der Waals surface area contributed by atoms with Gasteiger partial charge in [0.2, 0.25) is 5.95 Å². The number of carbonyl (C=O) groups is 3. The summed E-state index contributed by atoms with van der Waals surface area (Å²) in [6.45, 7) is 7.41. The van der Waals surface area contributed by atoms with Crippen molar-refractivity contribution in [1.29, 1.82) is 0 Å². The third-order valence-corrected chi connectivity index (χ3v) is 5.64. The number of carboxylic acids is 1. The molecule has 0 aliphatic carbocycles. The van der Waals surface area contributed by atoms with Crippen molar-refractivity contribution in [3.63, 3.8) is 0 Å². The molecule has 0 bridgehead atoms. The summed E-state index contributed by atoms with van der Waals surface area (Å²) in [5, 5.41) is 13.5. The summed E-state index contributed by atoms with van der Waals surface area (Å²) in [6, 6.07) is 7.61. The predicted octanol–water partition coefficient (Wildman–Crippen LogP) is 4.32. The molecule has 2 aromatic rings. The van der Waals surface area contributed by atoms with Crippen molar-refractivity contribution in [3.05, 3.63) is 46.6 Å². The van der Waals surface area contributed by atoms with Crippen molar-refractivity contribution < 1.29 is 29.1 Å². The Morgan fingerprint density at radius 1 is 0.950 bits per heavy atom. The second-order valence-electron chi connectivity index (χ2n) is 9.54. The molecule has 11 nitrogen and oxygen atoms in total. The molecule has 0 unspecified atom stereocenters. The number of rotatable bonds is 16. The number of ether oxygens (including phenoxy) is 1. The van der Waals surface area contributed by atoms with Gasteiger partial charge in [-0.05, 0) is 30.9 Å². The second kappa shape index (κ2) is 19.3. The molecule has 11 heteroatoms. The molecule has 222 valence electrons. The summed E-state index contributed by atoms with van der Waals surface area (Å²) in [7, 11) is 3.22. The first-order valence-corrected chi connectivity index (χ1v) is 13.8. The number of benzene rings is 1. The van der Waals surface area contributed by atoms with E-state index in [-0.39, 0.29) is 31.2 Å². The molecule has 1 aromatic heterocycles. The average molecular weight is 560 g/mol. The highest BCUT2D eigenvalue weighted by Gasteiger charge is 2.12. The van der Waals surface area contributed by atoms with Crippen molar-refractivity contribution in [2.24, 2.45) is 0 Å². The topological polar surface area (TPSA) is 157 Å². The molecule has 0 spiro atoms. The third kappa shape index (κ3) is 15.0. The molecule has 1 aromatic carbocycles. The largest absolute Gasteiger partial charge is 0.481 e. The lowest BCUT2D eigenvalue weighted by Crippen LogP contribution is -2.19. The minimum atomic E-state index is -0.825. The third-order valence-electron chi connectivity index (χ3n) is 5.64. The fourth-order valence-corrected chi connectivity index (χ4v) is 3.57. The van der Waals surface area contributed by atoms with Gasteiger partial charge in [-0.15, -0.1) is 5.06 Å². The molecule has 2 rings (SSSR count). The predicted molar refractivity (Wildman–Crippen MR) is 155 cm³/mol. The minimum Gasteiger partial charge on any atom is -0.481 e. The van der Waals surface area contributed by atoms with Crippen LogP contribution in [0, 0.1) is 6.92 Å². The number of nitrogen functional groups attached to an aromatic ring is 1. The van der Waals surface area contributed by atoms with Crippen LogP contribution in [0.5, 0.6) is 0 Å². The SMILES string of the molecule is CCCCCNc1nc(N)nc(C)c1Cc1ccc(CC(=O)O)cc1.CCCCOC(=O)CCC(=O)ON(C)C. The molecular weight excluding hydrogens is 514 g/mol. The molecule has 0 atom stereocenters. The van der Waals surface area contributed by atoms with Crippen LogP contribution in [0.25, 0.3) is 0 Å². The lowest BCUT2D eigenvalue weighted by molar-refractivity contribution is -0.179. The molecule has 0 saturated heterocycles. The average Bonchev–Trinajstić information content (AvgIpc) is 2.88. The van der Waals surface area contributed by atoms with Crippen molar-refractivity contribution in [3.8, 4) is 0 Å². The van der Waals surface area contributed by atoms with Gasteiger partial charge in [-0.25, -0.2) is 4.98 Å². The van der Waals surface area contributed by atoms with Gasteiger partial charge in [-0.1, -0.05) is 57.4 Å². The first-order valence-electron chi connectivity index (χ1n) is 13.8. The smallest absolute Gasteiger partial charge is 0.325 e. The molecule has 1 heterocycles. The van der Waals surface area contributed by atoms with Crippen LogP contribution in [0.2, 0.25) is 0 Å². The fraction of sp³-hybridized carbons (Fsp3) is 0.552. The van der Waals surface area contributed by atoms with Crippen molar-refractivity contribution >= 4 is 29.7 Å². The summed E-state index contributed by atoms with van der Waals surface area (Å²) in [6.07, 6.45) is 6.12. The number of aryl methyl sites for hydroxylation is 1. The van der Waals surface area contributed by atoms with Gasteiger partial charge in [0.25, 0.3) is 0 Å². The van der Waals surface area contributed by atoms with Gasteiger partial charge in [0.1, 0.15) is 5.82 Å². The van der Waals surface area contributed by atoms with Gasteiger partial charge in [0, 0.05) is 38.3 Å². The Morgan fingerprint density at radius 2 is 1.57 bits per heavy atom. The lowest BCUT2D eigenvalue weighted by atomic mass is 10.0. The van der Waals surface area contributed by atoms with E-state index in [1.165, 1.54) is 17.9 Å². The molecule has 0 aliphatic heterocycles. The van der Waals surface area contributed by atoms with Crippen LogP contribution in [0.15, 0.2) is 24.3 Å². The fourth-order valence-electron chi connectivity index (χ4n) is 3.57. The van der Waals surface area contributed by atoms with Gasteiger partial charge < -0.3 is 25.7 Å². The molecule has 0 amide bonds. The van der Waals surface area contributed by atoms with Crippen LogP contribution >= 0.6 is 0 Å². The number of hydrogen-bond acceptors (Lipinski definition) is 10. The van der Waals surface area contributed by atoms with Crippen LogP contribution in [0.1, 0.15) is 81.2 Å². The van der Waals surface area contributed by atoms with Crippen LogP contribution in [-0.4, -0.2) is 65.3 Å². The minimum absolute atomic E-state index is 0.0362. The molecule has 0 aliphatic rings. The van der Waals surface area contributed by atoms with Gasteiger partial charge in [-0.2, -0.15) is 4.98 Å². The zero-order chi connectivity index (χ0) is 29.9. The zero-order valence-corrected chi connectivity index (χ0v) is 24.5. The molecule has 0 radical (unpaired) electrons. The van der Waals surface area contributed by atoms with E-state index in [1.54, 1.807) is 14.1 Å². The van der Waals surface area contributed by atoms with E-state index in [2.05, 4.69) is 22.2 Å². The van der Waals surface area contributed by atoms with Crippen LogP contribution < -0.4 is 11.1 Å². The number of aromatic nitrogens is 2. The Bertz CT molecular complexity index is 1060. The monoisotopic (exact) mass is 559 g/mol. The van der Waals surface area contributed by atoms with Crippen LogP contribution in [-0.2, 0) is 36.8 Å². The Kier molecular flexibility index (Phi) is 16.6. The quantitative estimate of drug-likeness (QED) is 0.153. The van der Waals surface area contributed by atoms with Gasteiger partial charge in [0.15, 0.2) is 0 Å². The normalized spacial score (nSPS) is 10.4. The number of nitrogens with two attached hydrogens (primary N) is 1. The first kappa shape index (κ1) is 34.3. The summed E-state index contributed by atoms with van der Waals surface area (Å²) in [5.74, 6) is -0.535. The number of hydroxylamine groups is 2. The van der Waals surface area contributed by atoms with E-state index in [0.29, 0.717) is 13.0 Å². The van der Waals surface area contributed by atoms with E-state index in [1.807, 2.05) is 38.1 Å². The number of nitrogens with one attached hydrogen (secondary N) is 1. The van der Waals surface area contributed by atoms with E-state index >= 15 is 0 Å². The molecule has 40 heavy (non-hydrogen) atoms. The van der Waals surface area contributed by atoms with Crippen molar-refractivity contribution in [1.82, 2.24) is 15.0 Å². The number of unbranched alkanes of at least 4 members (excludes halogenated alkanes) is 3. The summed E-state index contributed by atoms with van der Waals surface area (Å²) in [4.78, 5) is 46.2. The maximum atomic E-state index is 11.1. The Hall–Kier alpha value is -3.73. The summed E-state index contributed by atoms with van der Waals surface area (Å²) in [5.41, 5.74) is 9.56. The van der Waals surface area contributed by atoms with Crippen LogP contribution in [0.3, 0.4) is 0 Å². The van der Waals surface area contributed by atoms with Gasteiger partial charge in [-0.3, -0.25) is 14.4 Å². The highest BCUT2D eigenvalue weighted by molar-refractivity contribution is 5.77. The highest BCUT2D eigenvalue weighted by atomic mass is 16.7. The summed E-state index contributed by atoms with van der Waals surface area (Å²) < 4.78 is 4.88. The number of carboxylic acid groups (broad SMARTS) is 1. The highest BCUT2D eigenvalue weighted by Crippen LogP contribution is 2.22. The number of nitrogens with zero attached hydrogens (tertiary/aromatic N) is 3. The Labute approximate surface area is 237 Å². The summed E-state index contributed by atoms with van der Waals surface area (Å²) >= 11 is 0. The molecular formula is C29H45N5O6. The Balaban J connectivity index is 0.000000459. The number of anilines is 2. The standard InChI is InChI=1S/C19H26N4O2.C10H19NO4/c1-3-4-5-10-21-18-16(13(2)22-19(20)23-18)11-14-6-8-15(9-7-14)12-17(24)25;1-4-5-8-14-9(12)6-7-10(13)15-11(2)3/h6-9H,3-5,10-12H2,1-2H3,(H,24,25)(H3,20,21,22,23);4-8H2,1-3H3. The molecule has 0 fully saturated rings. The maximum absolute atomic E-state index is 11.1. The number of aliphatic carboxylic acids is 1. The number of hydrogen-bond donors (Lipinski definition) is 3. The van der Waals surface area contributed by atoms with E-state index < -0.39 is 11.9 Å². The maximum Gasteiger partial charge on any atom is 0.325 e. The Morgan fingerprint density at radius 3 is 2.17 bits per heavy atom. The second-order valence-corrected chi connectivity index (χ2v) is 9.54. The van der Waals surface area contributed by atoms with E-state index in [4.69, 9.17) is 20.4 Å². The van der Waals surface area contributed by atoms with Crippen molar-refractivity contribution in [2.75, 3.05) is 38.3 Å². The molecule has 4 N–H and O–H groups in total. The van der Waals surface area contributed by atoms with E-state index in [0.717, 1.165) is 54.0 Å². The number of carbonyl (C=O) groups excluding carboxylic acids is 2. The van der Waals surface area contributed by atoms with Gasteiger partial charge in [0.05, 0.1) is 25.9 Å². The lowest BCUT2D eigenvalue weighted by Gasteiger charge is -2.14. The zero-order valence-electron chi connectivity index (χ0n) is 24.5.